The third kappa shape index (κ3) is 7.05. The van der Waals surface area contributed by atoms with E-state index < -0.39 is 0 Å². The van der Waals surface area contributed by atoms with Gasteiger partial charge in [0.2, 0.25) is 0 Å². The molecule has 120 valence electrons. The van der Waals surface area contributed by atoms with Crippen molar-refractivity contribution >= 4 is 0 Å². The smallest absolute Gasteiger partial charge is 0.0547 e. The molecule has 0 aliphatic rings. The van der Waals surface area contributed by atoms with E-state index in [1.54, 1.807) is 0 Å². The van der Waals surface area contributed by atoms with Gasteiger partial charge >= 0.3 is 0 Å². The average Bonchev–Trinajstić information content (AvgIpc) is 2.36. The lowest BCUT2D eigenvalue weighted by Crippen LogP contribution is -2.26. The first-order valence-corrected chi connectivity index (χ1v) is 8.14. The maximum absolute atomic E-state index is 5.76. The van der Waals surface area contributed by atoms with Gasteiger partial charge in [-0.3, -0.25) is 4.98 Å². The summed E-state index contributed by atoms with van der Waals surface area (Å²) in [5, 5.41) is 0. The van der Waals surface area contributed by atoms with Crippen molar-refractivity contribution in [2.45, 2.75) is 53.5 Å². The lowest BCUT2D eigenvalue weighted by molar-refractivity contribution is 0.199. The van der Waals surface area contributed by atoms with Crippen LogP contribution in [0.25, 0.3) is 0 Å². The van der Waals surface area contributed by atoms with E-state index in [1.165, 1.54) is 12.8 Å². The van der Waals surface area contributed by atoms with E-state index in [2.05, 4.69) is 49.8 Å². The van der Waals surface area contributed by atoms with Crippen molar-refractivity contribution in [3.05, 3.63) is 29.6 Å². The second-order valence-corrected chi connectivity index (χ2v) is 7.29. The zero-order valence-electron chi connectivity index (χ0n) is 14.5. The Kier molecular flexibility index (Phi) is 7.33. The number of hydrogen-bond donors (Lipinski definition) is 1. The summed E-state index contributed by atoms with van der Waals surface area (Å²) in [7, 11) is 2.18. The summed E-state index contributed by atoms with van der Waals surface area (Å²) in [4.78, 5) is 6.93. The minimum absolute atomic E-state index is 0.357. The van der Waals surface area contributed by atoms with Crippen molar-refractivity contribution in [1.82, 2.24) is 9.88 Å². The van der Waals surface area contributed by atoms with Gasteiger partial charge in [0.15, 0.2) is 0 Å². The molecule has 1 rings (SSSR count). The van der Waals surface area contributed by atoms with Crippen molar-refractivity contribution in [2.24, 2.45) is 17.1 Å². The molecule has 0 bridgehead atoms. The van der Waals surface area contributed by atoms with Crippen LogP contribution in [0.15, 0.2) is 18.2 Å². The Hall–Kier alpha value is -0.930. The third-order valence-electron chi connectivity index (χ3n) is 4.21. The first kappa shape index (κ1) is 18.1. The van der Waals surface area contributed by atoms with Crippen molar-refractivity contribution in [2.75, 3.05) is 20.1 Å². The van der Waals surface area contributed by atoms with Crippen LogP contribution in [-0.2, 0) is 6.54 Å². The molecule has 0 amide bonds. The van der Waals surface area contributed by atoms with Crippen LogP contribution in [0.1, 0.15) is 51.4 Å². The van der Waals surface area contributed by atoms with Crippen LogP contribution in [0.2, 0.25) is 0 Å². The molecule has 0 aliphatic heterocycles. The van der Waals surface area contributed by atoms with Gasteiger partial charge < -0.3 is 10.6 Å². The molecule has 3 heteroatoms. The highest BCUT2D eigenvalue weighted by Crippen LogP contribution is 2.32. The first-order chi connectivity index (χ1) is 9.82. The molecule has 1 atom stereocenters. The van der Waals surface area contributed by atoms with Gasteiger partial charge in [0.1, 0.15) is 0 Å². The largest absolute Gasteiger partial charge is 0.330 e. The molecule has 3 nitrogen and oxygen atoms in total. The lowest BCUT2D eigenvalue weighted by atomic mass is 9.76. The van der Waals surface area contributed by atoms with Crippen LogP contribution in [-0.4, -0.2) is 30.0 Å². The zero-order chi connectivity index (χ0) is 15.9. The highest BCUT2D eigenvalue weighted by Gasteiger charge is 2.23. The Labute approximate surface area is 130 Å². The fraction of sp³-hybridized carbons (Fsp3) is 0.722. The molecule has 1 aromatic rings. The minimum atomic E-state index is 0.357. The Bertz CT molecular complexity index is 409. The fourth-order valence-electron chi connectivity index (χ4n) is 2.86. The van der Waals surface area contributed by atoms with Crippen molar-refractivity contribution in [3.8, 4) is 0 Å². The van der Waals surface area contributed by atoms with Crippen LogP contribution in [0.4, 0.5) is 0 Å². The van der Waals surface area contributed by atoms with Gasteiger partial charge in [0.25, 0.3) is 0 Å². The zero-order valence-corrected chi connectivity index (χ0v) is 14.5. The van der Waals surface area contributed by atoms with E-state index in [9.17, 15) is 0 Å². The molecule has 0 fully saturated rings. The minimum Gasteiger partial charge on any atom is -0.330 e. The Balaban J connectivity index is 2.37. The molecule has 21 heavy (non-hydrogen) atoms. The van der Waals surface area contributed by atoms with E-state index >= 15 is 0 Å². The molecule has 0 radical (unpaired) electrons. The number of nitrogens with zero attached hydrogens (tertiary/aromatic N) is 2. The van der Waals surface area contributed by atoms with E-state index in [1.807, 2.05) is 13.0 Å². The molecule has 1 aromatic heterocycles. The van der Waals surface area contributed by atoms with Crippen molar-refractivity contribution < 1.29 is 0 Å². The number of hydrogen-bond acceptors (Lipinski definition) is 3. The summed E-state index contributed by atoms with van der Waals surface area (Å²) < 4.78 is 0. The van der Waals surface area contributed by atoms with Gasteiger partial charge in [-0.1, -0.05) is 26.8 Å². The number of aromatic nitrogens is 1. The lowest BCUT2D eigenvalue weighted by Gasteiger charge is -2.31. The first-order valence-electron chi connectivity index (χ1n) is 8.14. The quantitative estimate of drug-likeness (QED) is 0.795. The second-order valence-electron chi connectivity index (χ2n) is 7.29. The molecule has 0 saturated carbocycles. The van der Waals surface area contributed by atoms with E-state index in [-0.39, 0.29) is 0 Å². The van der Waals surface area contributed by atoms with Crippen molar-refractivity contribution in [1.29, 1.82) is 0 Å². The third-order valence-corrected chi connectivity index (χ3v) is 4.21. The SMILES string of the molecule is Cc1cccc(CN(C)CCCC(CCN)C(C)(C)C)n1. The van der Waals surface area contributed by atoms with Crippen LogP contribution in [0, 0.1) is 18.3 Å². The van der Waals surface area contributed by atoms with Gasteiger partial charge in [-0.25, -0.2) is 0 Å². The van der Waals surface area contributed by atoms with E-state index in [0.29, 0.717) is 11.3 Å². The molecule has 1 heterocycles. The van der Waals surface area contributed by atoms with Gasteiger partial charge in [-0.05, 0) is 69.8 Å². The molecule has 1 unspecified atom stereocenters. The molecular formula is C18H33N3. The molecule has 0 aliphatic carbocycles. The predicted octanol–water partition coefficient (Wildman–Crippen LogP) is 3.61. The van der Waals surface area contributed by atoms with Crippen LogP contribution < -0.4 is 5.73 Å². The highest BCUT2D eigenvalue weighted by atomic mass is 15.1. The molecule has 0 aromatic carbocycles. The van der Waals surface area contributed by atoms with Gasteiger partial charge in [-0.15, -0.1) is 0 Å². The summed E-state index contributed by atoms with van der Waals surface area (Å²) in [6.07, 6.45) is 3.61. The summed E-state index contributed by atoms with van der Waals surface area (Å²) in [5.74, 6) is 0.716. The van der Waals surface area contributed by atoms with Crippen LogP contribution >= 0.6 is 0 Å². The average molecular weight is 291 g/mol. The Morgan fingerprint density at radius 3 is 2.52 bits per heavy atom. The predicted molar refractivity (Wildman–Crippen MR) is 91.2 cm³/mol. The maximum Gasteiger partial charge on any atom is 0.0547 e. The van der Waals surface area contributed by atoms with Crippen LogP contribution in [0.3, 0.4) is 0 Å². The highest BCUT2D eigenvalue weighted by molar-refractivity contribution is 5.09. The molecule has 0 spiro atoms. The summed E-state index contributed by atoms with van der Waals surface area (Å²) in [6.45, 7) is 11.9. The topological polar surface area (TPSA) is 42.1 Å². The second kappa shape index (κ2) is 8.50. The fourth-order valence-corrected chi connectivity index (χ4v) is 2.86. The molecule has 0 saturated heterocycles. The molecule has 2 N–H and O–H groups in total. The van der Waals surface area contributed by atoms with E-state index in [4.69, 9.17) is 5.73 Å². The number of rotatable bonds is 8. The maximum atomic E-state index is 5.76. The monoisotopic (exact) mass is 291 g/mol. The summed E-state index contributed by atoms with van der Waals surface area (Å²) >= 11 is 0. The summed E-state index contributed by atoms with van der Waals surface area (Å²) in [5.41, 5.74) is 8.37. The number of pyridine rings is 1. The van der Waals surface area contributed by atoms with Crippen LogP contribution in [0.5, 0.6) is 0 Å². The normalized spacial score (nSPS) is 13.7. The number of nitrogens with two attached hydrogens (primary N) is 1. The van der Waals surface area contributed by atoms with Crippen molar-refractivity contribution in [3.63, 3.8) is 0 Å². The summed E-state index contributed by atoms with van der Waals surface area (Å²) in [6, 6.07) is 6.24. The molecular weight excluding hydrogens is 258 g/mol. The number of aryl methyl sites for hydroxylation is 1. The van der Waals surface area contributed by atoms with Gasteiger partial charge in [0.05, 0.1) is 5.69 Å². The van der Waals surface area contributed by atoms with E-state index in [0.717, 1.165) is 37.4 Å². The standard InChI is InChI=1S/C18H33N3/c1-15-8-6-10-17(20-15)14-21(5)13-7-9-16(11-12-19)18(2,3)4/h6,8,10,16H,7,9,11-14,19H2,1-5H3. The van der Waals surface area contributed by atoms with Gasteiger partial charge in [-0.2, -0.15) is 0 Å². The Morgan fingerprint density at radius 2 is 1.95 bits per heavy atom. The Morgan fingerprint density at radius 1 is 1.24 bits per heavy atom. The van der Waals surface area contributed by atoms with Gasteiger partial charge in [0, 0.05) is 12.2 Å².